The van der Waals surface area contributed by atoms with Gasteiger partial charge in [0.1, 0.15) is 6.61 Å². The van der Waals surface area contributed by atoms with E-state index < -0.39 is 17.5 Å². The molecule has 1 unspecified atom stereocenters. The second-order valence-electron chi connectivity index (χ2n) is 9.93. The number of benzene rings is 2. The molecule has 1 atom stereocenters. The second-order valence-corrected chi connectivity index (χ2v) is 9.93. The minimum atomic E-state index is -0.924. The van der Waals surface area contributed by atoms with Crippen molar-refractivity contribution < 1.29 is 24.2 Å². The van der Waals surface area contributed by atoms with Gasteiger partial charge in [0, 0.05) is 18.5 Å². The van der Waals surface area contributed by atoms with E-state index in [9.17, 15) is 19.5 Å². The van der Waals surface area contributed by atoms with E-state index in [0.717, 1.165) is 41.5 Å². The van der Waals surface area contributed by atoms with Gasteiger partial charge in [-0.05, 0) is 54.9 Å². The molecular weight excluding hydrogens is 432 g/mol. The maximum Gasteiger partial charge on any atom is 0.407 e. The molecule has 1 saturated carbocycles. The van der Waals surface area contributed by atoms with E-state index in [1.165, 1.54) is 0 Å². The van der Waals surface area contributed by atoms with E-state index in [1.807, 2.05) is 24.3 Å². The lowest BCUT2D eigenvalue weighted by Gasteiger charge is -2.35. The molecule has 0 bridgehead atoms. The van der Waals surface area contributed by atoms with Gasteiger partial charge in [-0.25, -0.2) is 4.79 Å². The molecule has 0 aromatic heterocycles. The van der Waals surface area contributed by atoms with Crippen molar-refractivity contribution in [2.45, 2.75) is 51.5 Å². The molecule has 7 nitrogen and oxygen atoms in total. The molecule has 0 heterocycles. The first-order chi connectivity index (χ1) is 16.3. The first-order valence-electron chi connectivity index (χ1n) is 11.9. The highest BCUT2D eigenvalue weighted by molar-refractivity contribution is 5.84. The Labute approximate surface area is 199 Å². The third kappa shape index (κ3) is 5.08. The molecule has 2 aromatic carbocycles. The van der Waals surface area contributed by atoms with Crippen LogP contribution in [0.3, 0.4) is 0 Å². The highest BCUT2D eigenvalue weighted by Gasteiger charge is 2.35. The summed E-state index contributed by atoms with van der Waals surface area (Å²) < 4.78 is 5.55. The summed E-state index contributed by atoms with van der Waals surface area (Å²) in [6.07, 6.45) is 2.24. The number of carboxylic acid groups (broad SMARTS) is 1. The Hall–Kier alpha value is -3.35. The Bertz CT molecular complexity index is 1030. The van der Waals surface area contributed by atoms with Crippen molar-refractivity contribution in [3.63, 3.8) is 0 Å². The highest BCUT2D eigenvalue weighted by Crippen LogP contribution is 2.44. The van der Waals surface area contributed by atoms with Gasteiger partial charge in [-0.1, -0.05) is 55.0 Å². The normalized spacial score (nSPS) is 16.1. The van der Waals surface area contributed by atoms with Crippen LogP contribution in [-0.2, 0) is 14.3 Å². The fraction of sp³-hybridized carbons (Fsp3) is 0.444. The van der Waals surface area contributed by atoms with Gasteiger partial charge in [-0.15, -0.1) is 0 Å². The van der Waals surface area contributed by atoms with Crippen LogP contribution in [0.1, 0.15) is 56.6 Å². The Morgan fingerprint density at radius 2 is 1.62 bits per heavy atom. The minimum absolute atomic E-state index is 0.0336. The van der Waals surface area contributed by atoms with E-state index in [4.69, 9.17) is 4.74 Å². The fourth-order valence-electron chi connectivity index (χ4n) is 4.75. The van der Waals surface area contributed by atoms with Crippen LogP contribution in [0.5, 0.6) is 0 Å². The molecule has 0 spiro atoms. The zero-order valence-electron chi connectivity index (χ0n) is 19.7. The molecule has 7 heteroatoms. The van der Waals surface area contributed by atoms with Gasteiger partial charge in [0.15, 0.2) is 0 Å². The summed E-state index contributed by atoms with van der Waals surface area (Å²) in [7, 11) is 0. The lowest BCUT2D eigenvalue weighted by Crippen LogP contribution is -2.51. The number of carbonyl (C=O) groups is 3. The molecule has 34 heavy (non-hydrogen) atoms. The summed E-state index contributed by atoms with van der Waals surface area (Å²) >= 11 is 0. The molecule has 2 aromatic rings. The number of ether oxygens (including phenoxy) is 1. The van der Waals surface area contributed by atoms with Crippen molar-refractivity contribution in [2.24, 2.45) is 11.3 Å². The van der Waals surface area contributed by atoms with E-state index in [1.54, 1.807) is 13.8 Å². The minimum Gasteiger partial charge on any atom is -0.481 e. The van der Waals surface area contributed by atoms with Gasteiger partial charge >= 0.3 is 12.1 Å². The number of carbonyl (C=O) groups excluding carboxylic acids is 2. The molecular formula is C27H32N2O5. The summed E-state index contributed by atoms with van der Waals surface area (Å²) in [6, 6.07) is 15.9. The van der Waals surface area contributed by atoms with E-state index in [0.29, 0.717) is 0 Å². The molecule has 2 amide bonds. The van der Waals surface area contributed by atoms with Crippen molar-refractivity contribution in [3.05, 3.63) is 59.7 Å². The van der Waals surface area contributed by atoms with Crippen molar-refractivity contribution in [1.29, 1.82) is 0 Å². The number of amides is 2. The Kier molecular flexibility index (Phi) is 6.91. The fourth-order valence-corrected chi connectivity index (χ4v) is 4.75. The summed E-state index contributed by atoms with van der Waals surface area (Å²) in [6.45, 7) is 3.74. The summed E-state index contributed by atoms with van der Waals surface area (Å²) in [5.74, 6) is -1.03. The van der Waals surface area contributed by atoms with Crippen molar-refractivity contribution >= 4 is 18.0 Å². The van der Waals surface area contributed by atoms with Crippen LogP contribution in [-0.4, -0.2) is 42.3 Å². The van der Waals surface area contributed by atoms with Crippen LogP contribution in [0.15, 0.2) is 48.5 Å². The van der Waals surface area contributed by atoms with Crippen LogP contribution in [0.2, 0.25) is 0 Å². The van der Waals surface area contributed by atoms with E-state index >= 15 is 0 Å². The molecule has 0 aliphatic heterocycles. The summed E-state index contributed by atoms with van der Waals surface area (Å²) in [4.78, 5) is 36.6. The molecule has 1 fully saturated rings. The number of aliphatic carboxylic acids is 1. The van der Waals surface area contributed by atoms with Gasteiger partial charge in [0.25, 0.3) is 0 Å². The standard InChI is InChI=1S/C27H32N2O5/c1-27(2,25(32)29-23(14-24(30)31)17-8-7-9-17)16-28-26(33)34-15-22-20-12-5-3-10-18(20)19-11-4-6-13-21(19)22/h3-6,10-13,17,22-23H,7-9,14-16H2,1-2H3,(H,28,33)(H,29,32)(H,30,31). The predicted molar refractivity (Wildman–Crippen MR) is 128 cm³/mol. The van der Waals surface area contributed by atoms with Gasteiger partial charge in [0.2, 0.25) is 5.91 Å². The smallest absolute Gasteiger partial charge is 0.407 e. The maximum atomic E-state index is 12.9. The number of rotatable bonds is 9. The van der Waals surface area contributed by atoms with Gasteiger partial charge in [-0.3, -0.25) is 9.59 Å². The molecule has 0 radical (unpaired) electrons. The third-order valence-corrected chi connectivity index (χ3v) is 7.06. The Balaban J connectivity index is 1.31. The number of fused-ring (bicyclic) bond motifs is 3. The van der Waals surface area contributed by atoms with Crippen molar-refractivity contribution in [2.75, 3.05) is 13.2 Å². The summed E-state index contributed by atoms with van der Waals surface area (Å²) in [5, 5.41) is 14.8. The predicted octanol–water partition coefficient (Wildman–Crippen LogP) is 4.31. The number of hydrogen-bond donors (Lipinski definition) is 3. The first kappa shape index (κ1) is 23.8. The van der Waals surface area contributed by atoms with Crippen molar-refractivity contribution in [1.82, 2.24) is 10.6 Å². The van der Waals surface area contributed by atoms with Crippen LogP contribution in [0.25, 0.3) is 11.1 Å². The third-order valence-electron chi connectivity index (χ3n) is 7.06. The molecule has 2 aliphatic rings. The topological polar surface area (TPSA) is 105 Å². The maximum absolute atomic E-state index is 12.9. The van der Waals surface area contributed by atoms with E-state index in [-0.39, 0.29) is 43.4 Å². The lowest BCUT2D eigenvalue weighted by atomic mass is 9.78. The molecule has 4 rings (SSSR count). The van der Waals surface area contributed by atoms with Crippen molar-refractivity contribution in [3.8, 4) is 11.1 Å². The number of carboxylic acids is 1. The van der Waals surface area contributed by atoms with E-state index in [2.05, 4.69) is 34.9 Å². The van der Waals surface area contributed by atoms with Gasteiger partial charge in [-0.2, -0.15) is 0 Å². The Morgan fingerprint density at radius 1 is 1.03 bits per heavy atom. The average Bonchev–Trinajstić information content (AvgIpc) is 3.08. The number of nitrogens with one attached hydrogen (secondary N) is 2. The lowest BCUT2D eigenvalue weighted by molar-refractivity contribution is -0.139. The largest absolute Gasteiger partial charge is 0.481 e. The van der Waals surface area contributed by atoms with Gasteiger partial charge in [0.05, 0.1) is 11.8 Å². The zero-order chi connectivity index (χ0) is 24.3. The second kappa shape index (κ2) is 9.87. The van der Waals surface area contributed by atoms with Crippen LogP contribution >= 0.6 is 0 Å². The SMILES string of the molecule is CC(C)(CNC(=O)OCC1c2ccccc2-c2ccccc21)C(=O)NC(CC(=O)O)C1CCC1. The first-order valence-corrected chi connectivity index (χ1v) is 11.9. The van der Waals surface area contributed by atoms with Gasteiger partial charge < -0.3 is 20.5 Å². The summed E-state index contributed by atoms with van der Waals surface area (Å²) in [5.41, 5.74) is 3.68. The molecule has 3 N–H and O–H groups in total. The highest BCUT2D eigenvalue weighted by atomic mass is 16.5. The molecule has 2 aliphatic carbocycles. The monoisotopic (exact) mass is 464 g/mol. The zero-order valence-corrected chi connectivity index (χ0v) is 19.7. The van der Waals surface area contributed by atoms with Crippen LogP contribution in [0.4, 0.5) is 4.79 Å². The molecule has 0 saturated heterocycles. The van der Waals surface area contributed by atoms with Crippen LogP contribution in [0, 0.1) is 11.3 Å². The quantitative estimate of drug-likeness (QED) is 0.513. The number of alkyl carbamates (subject to hydrolysis) is 1. The molecule has 180 valence electrons. The number of hydrogen-bond acceptors (Lipinski definition) is 4. The average molecular weight is 465 g/mol. The Morgan fingerprint density at radius 3 is 2.15 bits per heavy atom. The van der Waals surface area contributed by atoms with Crippen LogP contribution < -0.4 is 10.6 Å².